The van der Waals surface area contributed by atoms with E-state index in [0.29, 0.717) is 11.6 Å². The monoisotopic (exact) mass is 283 g/mol. The van der Waals surface area contributed by atoms with Crippen LogP contribution in [0.15, 0.2) is 54.7 Å². The summed E-state index contributed by atoms with van der Waals surface area (Å²) in [6.45, 7) is 2.59. The van der Waals surface area contributed by atoms with Gasteiger partial charge in [-0.2, -0.15) is 0 Å². The molecule has 20 heavy (non-hydrogen) atoms. The van der Waals surface area contributed by atoms with Gasteiger partial charge in [0, 0.05) is 11.6 Å². The lowest BCUT2D eigenvalue weighted by Gasteiger charge is -2.10. The zero-order valence-corrected chi connectivity index (χ0v) is 11.9. The number of aryl methyl sites for hydroxylation is 1. The van der Waals surface area contributed by atoms with Gasteiger partial charge in [0.05, 0.1) is 5.02 Å². The molecule has 0 atom stereocenters. The highest BCUT2D eigenvalue weighted by molar-refractivity contribution is 6.35. The first-order chi connectivity index (χ1) is 9.74. The van der Waals surface area contributed by atoms with Crippen molar-refractivity contribution in [1.29, 1.82) is 0 Å². The second-order valence-electron chi connectivity index (χ2n) is 4.72. The standard InChI is InChI=1S/C17H14ClNO/c1-12-4-2-5-13(10-12)11-20-16-8-7-15(18)14-6-3-9-19-17(14)16/h2-10H,11H2,1H3. The van der Waals surface area contributed by atoms with Crippen LogP contribution in [-0.2, 0) is 6.61 Å². The van der Waals surface area contributed by atoms with Crippen molar-refractivity contribution in [2.24, 2.45) is 0 Å². The van der Waals surface area contributed by atoms with Crippen molar-refractivity contribution < 1.29 is 4.74 Å². The van der Waals surface area contributed by atoms with E-state index in [2.05, 4.69) is 30.1 Å². The average molecular weight is 284 g/mol. The molecule has 0 N–H and O–H groups in total. The van der Waals surface area contributed by atoms with E-state index in [1.807, 2.05) is 30.3 Å². The lowest BCUT2D eigenvalue weighted by atomic mass is 10.1. The third-order valence-electron chi connectivity index (χ3n) is 3.16. The van der Waals surface area contributed by atoms with Crippen LogP contribution in [-0.4, -0.2) is 4.98 Å². The maximum absolute atomic E-state index is 6.17. The van der Waals surface area contributed by atoms with Crippen LogP contribution < -0.4 is 4.74 Å². The van der Waals surface area contributed by atoms with E-state index in [1.165, 1.54) is 5.56 Å². The molecule has 0 fully saturated rings. The smallest absolute Gasteiger partial charge is 0.146 e. The Morgan fingerprint density at radius 2 is 2.00 bits per heavy atom. The highest BCUT2D eigenvalue weighted by atomic mass is 35.5. The third-order valence-corrected chi connectivity index (χ3v) is 3.49. The number of hydrogen-bond donors (Lipinski definition) is 0. The van der Waals surface area contributed by atoms with Gasteiger partial charge in [0.1, 0.15) is 17.9 Å². The lowest BCUT2D eigenvalue weighted by molar-refractivity contribution is 0.309. The van der Waals surface area contributed by atoms with Crippen molar-refractivity contribution in [1.82, 2.24) is 4.98 Å². The minimum absolute atomic E-state index is 0.523. The van der Waals surface area contributed by atoms with Crippen LogP contribution in [0.3, 0.4) is 0 Å². The second-order valence-corrected chi connectivity index (χ2v) is 5.13. The van der Waals surface area contributed by atoms with E-state index in [4.69, 9.17) is 16.3 Å². The quantitative estimate of drug-likeness (QED) is 0.690. The topological polar surface area (TPSA) is 22.1 Å². The number of ether oxygens (including phenoxy) is 1. The largest absolute Gasteiger partial charge is 0.487 e. The molecule has 1 aromatic heterocycles. The molecule has 0 spiro atoms. The summed E-state index contributed by atoms with van der Waals surface area (Å²) in [5.74, 6) is 0.756. The molecule has 3 rings (SSSR count). The van der Waals surface area contributed by atoms with E-state index < -0.39 is 0 Å². The Bertz CT molecular complexity index is 755. The first kappa shape index (κ1) is 12.9. The number of aromatic nitrogens is 1. The predicted octanol–water partition coefficient (Wildman–Crippen LogP) is 4.78. The predicted molar refractivity (Wildman–Crippen MR) is 82.3 cm³/mol. The van der Waals surface area contributed by atoms with Crippen molar-refractivity contribution in [2.45, 2.75) is 13.5 Å². The second kappa shape index (κ2) is 5.51. The van der Waals surface area contributed by atoms with Gasteiger partial charge in [0.2, 0.25) is 0 Å². The molecule has 0 unspecified atom stereocenters. The Morgan fingerprint density at radius 3 is 2.85 bits per heavy atom. The lowest BCUT2D eigenvalue weighted by Crippen LogP contribution is -1.97. The highest BCUT2D eigenvalue weighted by Gasteiger charge is 2.06. The zero-order valence-electron chi connectivity index (χ0n) is 11.1. The van der Waals surface area contributed by atoms with Gasteiger partial charge in [-0.25, -0.2) is 0 Å². The van der Waals surface area contributed by atoms with Crippen molar-refractivity contribution in [3.8, 4) is 5.75 Å². The Morgan fingerprint density at radius 1 is 1.10 bits per heavy atom. The molecule has 2 aromatic carbocycles. The summed E-state index contributed by atoms with van der Waals surface area (Å²) in [4.78, 5) is 4.36. The van der Waals surface area contributed by atoms with Gasteiger partial charge < -0.3 is 4.74 Å². The Labute approximate surface area is 123 Å². The summed E-state index contributed by atoms with van der Waals surface area (Å²) < 4.78 is 5.89. The first-order valence-corrected chi connectivity index (χ1v) is 6.83. The fourth-order valence-corrected chi connectivity index (χ4v) is 2.41. The number of benzene rings is 2. The molecule has 0 aliphatic heterocycles. The van der Waals surface area contributed by atoms with Crippen molar-refractivity contribution in [2.75, 3.05) is 0 Å². The summed E-state index contributed by atoms with van der Waals surface area (Å²) >= 11 is 6.17. The minimum atomic E-state index is 0.523. The SMILES string of the molecule is Cc1cccc(COc2ccc(Cl)c3cccnc23)c1. The third kappa shape index (κ3) is 2.61. The highest BCUT2D eigenvalue weighted by Crippen LogP contribution is 2.30. The normalized spacial score (nSPS) is 10.7. The van der Waals surface area contributed by atoms with E-state index >= 15 is 0 Å². The van der Waals surface area contributed by atoms with E-state index in [9.17, 15) is 0 Å². The molecule has 2 nitrogen and oxygen atoms in total. The van der Waals surface area contributed by atoms with Gasteiger partial charge in [-0.3, -0.25) is 4.98 Å². The summed E-state index contributed by atoms with van der Waals surface area (Å²) in [5, 5.41) is 1.60. The zero-order chi connectivity index (χ0) is 13.9. The molecule has 100 valence electrons. The fourth-order valence-electron chi connectivity index (χ4n) is 2.19. The minimum Gasteiger partial charge on any atom is -0.487 e. The van der Waals surface area contributed by atoms with Gasteiger partial charge in [0.25, 0.3) is 0 Å². The van der Waals surface area contributed by atoms with Gasteiger partial charge >= 0.3 is 0 Å². The van der Waals surface area contributed by atoms with Crippen LogP contribution in [0.5, 0.6) is 5.75 Å². The van der Waals surface area contributed by atoms with Crippen LogP contribution >= 0.6 is 11.6 Å². The number of rotatable bonds is 3. The Balaban J connectivity index is 1.90. The van der Waals surface area contributed by atoms with Gasteiger partial charge in [-0.15, -0.1) is 0 Å². The van der Waals surface area contributed by atoms with Gasteiger partial charge in [0.15, 0.2) is 0 Å². The van der Waals surface area contributed by atoms with Crippen LogP contribution in [0.1, 0.15) is 11.1 Å². The molecule has 0 aliphatic rings. The molecule has 0 aliphatic carbocycles. The number of pyridine rings is 1. The number of halogens is 1. The molecule has 0 radical (unpaired) electrons. The van der Waals surface area contributed by atoms with Crippen LogP contribution in [0.2, 0.25) is 5.02 Å². The van der Waals surface area contributed by atoms with E-state index in [-0.39, 0.29) is 0 Å². The van der Waals surface area contributed by atoms with Crippen LogP contribution in [0.25, 0.3) is 10.9 Å². The maximum Gasteiger partial charge on any atom is 0.146 e. The number of fused-ring (bicyclic) bond motifs is 1. The Kier molecular flexibility index (Phi) is 3.57. The van der Waals surface area contributed by atoms with Crippen molar-refractivity contribution in [3.63, 3.8) is 0 Å². The van der Waals surface area contributed by atoms with Crippen molar-refractivity contribution in [3.05, 3.63) is 70.9 Å². The number of hydrogen-bond acceptors (Lipinski definition) is 2. The molecule has 3 heteroatoms. The molecule has 3 aromatic rings. The molecule has 0 amide bonds. The molecule has 0 saturated heterocycles. The number of nitrogens with zero attached hydrogens (tertiary/aromatic N) is 1. The van der Waals surface area contributed by atoms with Crippen molar-refractivity contribution >= 4 is 22.5 Å². The summed E-state index contributed by atoms with van der Waals surface area (Å²) in [6.07, 6.45) is 1.75. The van der Waals surface area contributed by atoms with Crippen LogP contribution in [0, 0.1) is 6.92 Å². The fraction of sp³-hybridized carbons (Fsp3) is 0.118. The molecule has 0 bridgehead atoms. The summed E-state index contributed by atoms with van der Waals surface area (Å²) in [6, 6.07) is 15.8. The molecule has 0 saturated carbocycles. The average Bonchev–Trinajstić information content (AvgIpc) is 2.47. The van der Waals surface area contributed by atoms with E-state index in [0.717, 1.165) is 22.2 Å². The Hall–Kier alpha value is -2.06. The maximum atomic E-state index is 6.17. The van der Waals surface area contributed by atoms with E-state index in [1.54, 1.807) is 6.20 Å². The molecule has 1 heterocycles. The van der Waals surface area contributed by atoms with Gasteiger partial charge in [-0.05, 0) is 36.8 Å². The summed E-state index contributed by atoms with van der Waals surface area (Å²) in [7, 11) is 0. The van der Waals surface area contributed by atoms with Gasteiger partial charge in [-0.1, -0.05) is 41.4 Å². The molecular formula is C17H14ClNO. The van der Waals surface area contributed by atoms with Crippen LogP contribution in [0.4, 0.5) is 0 Å². The summed E-state index contributed by atoms with van der Waals surface area (Å²) in [5.41, 5.74) is 3.17. The molecular weight excluding hydrogens is 270 g/mol. The first-order valence-electron chi connectivity index (χ1n) is 6.45.